The number of hydrogen-bond acceptors (Lipinski definition) is 3. The van der Waals surface area contributed by atoms with E-state index in [9.17, 15) is 9.59 Å². The Labute approximate surface area is 122 Å². The molecule has 1 saturated heterocycles. The van der Waals surface area contributed by atoms with Gasteiger partial charge < -0.3 is 15.6 Å². The third-order valence-electron chi connectivity index (χ3n) is 3.22. The molecule has 2 heterocycles. The molecule has 3 N–H and O–H groups in total. The van der Waals surface area contributed by atoms with E-state index in [1.165, 1.54) is 0 Å². The average Bonchev–Trinajstić information content (AvgIpc) is 3.04. The van der Waals surface area contributed by atoms with E-state index in [4.69, 9.17) is 12.2 Å². The van der Waals surface area contributed by atoms with Crippen molar-refractivity contribution in [2.75, 3.05) is 13.1 Å². The second kappa shape index (κ2) is 6.51. The minimum absolute atomic E-state index is 0.0215. The van der Waals surface area contributed by atoms with Gasteiger partial charge in [-0.3, -0.25) is 14.5 Å². The Morgan fingerprint density at radius 1 is 1.55 bits per heavy atom. The number of aromatic amines is 1. The largest absolute Gasteiger partial charge is 0.357 e. The molecule has 0 spiro atoms. The van der Waals surface area contributed by atoms with Gasteiger partial charge in [-0.2, -0.15) is 0 Å². The molecule has 2 rings (SSSR count). The van der Waals surface area contributed by atoms with Gasteiger partial charge in [0.15, 0.2) is 5.11 Å². The van der Waals surface area contributed by atoms with Gasteiger partial charge in [-0.15, -0.1) is 0 Å². The van der Waals surface area contributed by atoms with Crippen molar-refractivity contribution in [1.82, 2.24) is 20.5 Å². The summed E-state index contributed by atoms with van der Waals surface area (Å²) >= 11 is 5.09. The quantitative estimate of drug-likeness (QED) is 0.531. The third-order valence-corrected chi connectivity index (χ3v) is 3.56. The minimum Gasteiger partial charge on any atom is -0.357 e. The highest BCUT2D eigenvalue weighted by molar-refractivity contribution is 7.80. The maximum atomic E-state index is 11.9. The Morgan fingerprint density at radius 3 is 2.95 bits per heavy atom. The number of thiocarbonyl (C=S) groups is 1. The van der Waals surface area contributed by atoms with Crippen LogP contribution in [0, 0.1) is 0 Å². The fourth-order valence-electron chi connectivity index (χ4n) is 2.15. The minimum atomic E-state index is -0.259. The van der Waals surface area contributed by atoms with Gasteiger partial charge in [0, 0.05) is 19.3 Å². The summed E-state index contributed by atoms with van der Waals surface area (Å²) in [7, 11) is 0. The summed E-state index contributed by atoms with van der Waals surface area (Å²) in [5.74, 6) is -0.111. The third kappa shape index (κ3) is 3.16. The van der Waals surface area contributed by atoms with E-state index in [0.29, 0.717) is 30.3 Å². The summed E-state index contributed by atoms with van der Waals surface area (Å²) in [4.78, 5) is 28.0. The van der Waals surface area contributed by atoms with Crippen molar-refractivity contribution in [3.05, 3.63) is 24.0 Å². The van der Waals surface area contributed by atoms with Crippen LogP contribution in [0.25, 0.3) is 0 Å². The topological polar surface area (TPSA) is 77.2 Å². The van der Waals surface area contributed by atoms with Gasteiger partial charge in [-0.05, 0) is 44.1 Å². The number of amides is 2. The van der Waals surface area contributed by atoms with E-state index in [2.05, 4.69) is 15.6 Å². The van der Waals surface area contributed by atoms with Crippen LogP contribution in [0.2, 0.25) is 0 Å². The Kier molecular flexibility index (Phi) is 4.73. The van der Waals surface area contributed by atoms with Crippen molar-refractivity contribution in [3.8, 4) is 0 Å². The molecule has 0 saturated carbocycles. The number of carbonyl (C=O) groups is 2. The van der Waals surface area contributed by atoms with Gasteiger partial charge in [-0.1, -0.05) is 0 Å². The highest BCUT2D eigenvalue weighted by Gasteiger charge is 2.33. The summed E-state index contributed by atoms with van der Waals surface area (Å²) < 4.78 is 0. The SMILES string of the molecule is CCN1C(=O)C(CCCNC(=O)c2ccc[nH]2)NC1=S. The fraction of sp³-hybridized carbons (Fsp3) is 0.462. The second-order valence-corrected chi connectivity index (χ2v) is 4.95. The average molecular weight is 294 g/mol. The van der Waals surface area contributed by atoms with Crippen molar-refractivity contribution in [3.63, 3.8) is 0 Å². The van der Waals surface area contributed by atoms with Crippen molar-refractivity contribution < 1.29 is 9.59 Å². The number of likely N-dealkylation sites (N-methyl/N-ethyl adjacent to an activating group) is 1. The van der Waals surface area contributed by atoms with E-state index in [0.717, 1.165) is 6.42 Å². The van der Waals surface area contributed by atoms with Crippen LogP contribution >= 0.6 is 12.2 Å². The van der Waals surface area contributed by atoms with Crippen LogP contribution in [0.5, 0.6) is 0 Å². The van der Waals surface area contributed by atoms with Crippen molar-refractivity contribution in [2.24, 2.45) is 0 Å². The predicted molar refractivity (Wildman–Crippen MR) is 79.3 cm³/mol. The highest BCUT2D eigenvalue weighted by Crippen LogP contribution is 2.10. The summed E-state index contributed by atoms with van der Waals surface area (Å²) in [5.41, 5.74) is 0.540. The molecule has 1 aromatic rings. The summed E-state index contributed by atoms with van der Waals surface area (Å²) in [6.07, 6.45) is 3.08. The lowest BCUT2D eigenvalue weighted by atomic mass is 10.1. The smallest absolute Gasteiger partial charge is 0.267 e. The predicted octanol–water partition coefficient (Wildman–Crippen LogP) is 0.630. The highest BCUT2D eigenvalue weighted by atomic mass is 32.1. The van der Waals surface area contributed by atoms with E-state index in [1.54, 1.807) is 23.2 Å². The fourth-order valence-corrected chi connectivity index (χ4v) is 2.51. The van der Waals surface area contributed by atoms with Gasteiger partial charge >= 0.3 is 0 Å². The first-order chi connectivity index (χ1) is 9.63. The molecule has 7 heteroatoms. The normalized spacial score (nSPS) is 18.2. The molecular weight excluding hydrogens is 276 g/mol. The number of H-pyrrole nitrogens is 1. The zero-order valence-electron chi connectivity index (χ0n) is 11.3. The van der Waals surface area contributed by atoms with Gasteiger partial charge in [0.25, 0.3) is 11.8 Å². The number of aromatic nitrogens is 1. The standard InChI is InChI=1S/C13H18N4O2S/c1-2-17-12(19)10(16-13(17)20)6-4-8-15-11(18)9-5-3-7-14-9/h3,5,7,10,14H,2,4,6,8H2,1H3,(H,15,18)(H,16,20). The zero-order valence-corrected chi connectivity index (χ0v) is 12.1. The van der Waals surface area contributed by atoms with E-state index in [1.807, 2.05) is 6.92 Å². The number of nitrogens with one attached hydrogen (secondary N) is 3. The molecule has 108 valence electrons. The Balaban J connectivity index is 1.70. The molecule has 1 atom stereocenters. The Morgan fingerprint density at radius 2 is 2.35 bits per heavy atom. The van der Waals surface area contributed by atoms with Gasteiger partial charge in [0.1, 0.15) is 11.7 Å². The zero-order chi connectivity index (χ0) is 14.5. The number of hydrogen-bond donors (Lipinski definition) is 3. The van der Waals surface area contributed by atoms with Crippen LogP contribution in [0.3, 0.4) is 0 Å². The second-order valence-electron chi connectivity index (χ2n) is 4.57. The van der Waals surface area contributed by atoms with Gasteiger partial charge in [0.2, 0.25) is 0 Å². The van der Waals surface area contributed by atoms with Crippen molar-refractivity contribution in [1.29, 1.82) is 0 Å². The van der Waals surface area contributed by atoms with Crippen LogP contribution < -0.4 is 10.6 Å². The van der Waals surface area contributed by atoms with Gasteiger partial charge in [-0.25, -0.2) is 0 Å². The molecule has 0 aromatic carbocycles. The van der Waals surface area contributed by atoms with Crippen molar-refractivity contribution >= 4 is 29.1 Å². The monoisotopic (exact) mass is 294 g/mol. The summed E-state index contributed by atoms with van der Waals surface area (Å²) in [6, 6.07) is 3.23. The first kappa shape index (κ1) is 14.5. The molecule has 2 amide bonds. The van der Waals surface area contributed by atoms with E-state index < -0.39 is 0 Å². The lowest BCUT2D eigenvalue weighted by molar-refractivity contribution is -0.127. The molecular formula is C13H18N4O2S. The lowest BCUT2D eigenvalue weighted by Crippen LogP contribution is -2.32. The molecule has 1 unspecified atom stereocenters. The first-order valence-electron chi connectivity index (χ1n) is 6.67. The van der Waals surface area contributed by atoms with Crippen LogP contribution in [-0.4, -0.2) is 45.9 Å². The first-order valence-corrected chi connectivity index (χ1v) is 7.07. The van der Waals surface area contributed by atoms with Crippen LogP contribution in [-0.2, 0) is 4.79 Å². The molecule has 0 radical (unpaired) electrons. The van der Waals surface area contributed by atoms with Crippen LogP contribution in [0.15, 0.2) is 18.3 Å². The molecule has 1 aromatic heterocycles. The summed E-state index contributed by atoms with van der Waals surface area (Å²) in [5, 5.41) is 6.31. The van der Waals surface area contributed by atoms with Crippen molar-refractivity contribution in [2.45, 2.75) is 25.8 Å². The van der Waals surface area contributed by atoms with E-state index >= 15 is 0 Å². The van der Waals surface area contributed by atoms with Gasteiger partial charge in [0.05, 0.1) is 0 Å². The molecule has 1 fully saturated rings. The maximum Gasteiger partial charge on any atom is 0.267 e. The Hall–Kier alpha value is -1.89. The Bertz CT molecular complexity index is 500. The number of nitrogens with zero attached hydrogens (tertiary/aromatic N) is 1. The molecule has 1 aliphatic heterocycles. The molecule has 20 heavy (non-hydrogen) atoms. The molecule has 6 nitrogen and oxygen atoms in total. The number of rotatable bonds is 6. The molecule has 1 aliphatic rings. The molecule has 0 bridgehead atoms. The van der Waals surface area contributed by atoms with Crippen LogP contribution in [0.1, 0.15) is 30.3 Å². The van der Waals surface area contributed by atoms with Crippen LogP contribution in [0.4, 0.5) is 0 Å². The van der Waals surface area contributed by atoms with E-state index in [-0.39, 0.29) is 17.9 Å². The number of carbonyl (C=O) groups excluding carboxylic acids is 2. The molecule has 0 aliphatic carbocycles. The maximum absolute atomic E-state index is 11.9. The summed E-state index contributed by atoms with van der Waals surface area (Å²) in [6.45, 7) is 3.01. The lowest BCUT2D eigenvalue weighted by Gasteiger charge is -2.11.